The van der Waals surface area contributed by atoms with Crippen LogP contribution in [0.1, 0.15) is 38.8 Å². The lowest BCUT2D eigenvalue weighted by atomic mass is 10.2. The van der Waals surface area contributed by atoms with Crippen LogP contribution in [0.5, 0.6) is 0 Å². The molecular weight excluding hydrogens is 343 g/mol. The van der Waals surface area contributed by atoms with Crippen molar-refractivity contribution < 1.29 is 4.39 Å². The molecule has 7 heteroatoms. The molecule has 1 aromatic carbocycles. The number of benzene rings is 1. The second kappa shape index (κ2) is 8.99. The summed E-state index contributed by atoms with van der Waals surface area (Å²) < 4.78 is 14.1. The maximum Gasteiger partial charge on any atom is 0.229 e. The van der Waals surface area contributed by atoms with Gasteiger partial charge in [0.2, 0.25) is 5.95 Å². The minimum Gasteiger partial charge on any atom is -0.399 e. The third kappa shape index (κ3) is 5.07. The van der Waals surface area contributed by atoms with Gasteiger partial charge in [-0.05, 0) is 44.0 Å². The van der Waals surface area contributed by atoms with Gasteiger partial charge in [0, 0.05) is 36.6 Å². The summed E-state index contributed by atoms with van der Waals surface area (Å²) in [5.41, 5.74) is 7.55. The van der Waals surface area contributed by atoms with Crippen molar-refractivity contribution in [1.29, 1.82) is 0 Å². The van der Waals surface area contributed by atoms with Gasteiger partial charge in [-0.2, -0.15) is 4.98 Å². The zero-order valence-electron chi connectivity index (χ0n) is 16.1. The minimum atomic E-state index is -0.373. The number of aryl methyl sites for hydroxylation is 1. The van der Waals surface area contributed by atoms with Crippen molar-refractivity contribution in [3.63, 3.8) is 0 Å². The Morgan fingerprint density at radius 1 is 1.26 bits per heavy atom. The Labute approximate surface area is 160 Å². The number of halogens is 1. The van der Waals surface area contributed by atoms with Gasteiger partial charge >= 0.3 is 0 Å². The molecule has 0 radical (unpaired) electrons. The van der Waals surface area contributed by atoms with Crippen molar-refractivity contribution in [2.24, 2.45) is 0 Å². The molecule has 3 rings (SSSR count). The van der Waals surface area contributed by atoms with Gasteiger partial charge in [0.1, 0.15) is 11.6 Å². The van der Waals surface area contributed by atoms with Crippen molar-refractivity contribution in [3.05, 3.63) is 35.8 Å². The third-order valence-electron chi connectivity index (χ3n) is 4.79. The fourth-order valence-corrected chi connectivity index (χ4v) is 3.37. The number of nitrogens with one attached hydrogen (secondary N) is 2. The number of anilines is 4. The van der Waals surface area contributed by atoms with Crippen molar-refractivity contribution in [2.45, 2.75) is 45.6 Å². The van der Waals surface area contributed by atoms with E-state index in [1.165, 1.54) is 12.1 Å². The average molecular weight is 372 g/mol. The van der Waals surface area contributed by atoms with Crippen LogP contribution in [0.25, 0.3) is 0 Å². The number of aromatic nitrogens is 2. The Balaban J connectivity index is 1.85. The van der Waals surface area contributed by atoms with Crippen LogP contribution < -0.4 is 21.3 Å². The van der Waals surface area contributed by atoms with Gasteiger partial charge in [0.15, 0.2) is 0 Å². The fourth-order valence-electron chi connectivity index (χ4n) is 3.37. The predicted molar refractivity (Wildman–Crippen MR) is 109 cm³/mol. The number of rotatable bonds is 8. The van der Waals surface area contributed by atoms with Gasteiger partial charge < -0.3 is 21.3 Å². The highest BCUT2D eigenvalue weighted by Gasteiger charge is 2.23. The lowest BCUT2D eigenvalue weighted by Crippen LogP contribution is -2.32. The van der Waals surface area contributed by atoms with E-state index in [4.69, 9.17) is 5.73 Å². The molecule has 4 N–H and O–H groups in total. The van der Waals surface area contributed by atoms with E-state index < -0.39 is 0 Å². The van der Waals surface area contributed by atoms with E-state index in [1.807, 2.05) is 0 Å². The van der Waals surface area contributed by atoms with Gasteiger partial charge in [-0.3, -0.25) is 0 Å². The number of nitrogens with zero attached hydrogens (tertiary/aromatic N) is 3. The fraction of sp³-hybridized carbons (Fsp3) is 0.500. The van der Waals surface area contributed by atoms with Gasteiger partial charge in [-0.1, -0.05) is 20.3 Å². The summed E-state index contributed by atoms with van der Waals surface area (Å²) in [5.74, 6) is 0.931. The van der Waals surface area contributed by atoms with E-state index in [1.54, 1.807) is 6.07 Å². The number of nitrogens with two attached hydrogens (primary N) is 1. The van der Waals surface area contributed by atoms with E-state index >= 15 is 0 Å². The quantitative estimate of drug-likeness (QED) is 0.616. The first-order chi connectivity index (χ1) is 13.1. The Kier molecular flexibility index (Phi) is 6.45. The molecule has 1 saturated heterocycles. The summed E-state index contributed by atoms with van der Waals surface area (Å²) in [6.07, 6.45) is 4.13. The van der Waals surface area contributed by atoms with Crippen LogP contribution in [0.15, 0.2) is 24.3 Å². The Morgan fingerprint density at radius 3 is 2.89 bits per heavy atom. The smallest absolute Gasteiger partial charge is 0.229 e. The first kappa shape index (κ1) is 19.4. The van der Waals surface area contributed by atoms with Gasteiger partial charge in [0.25, 0.3) is 0 Å². The Bertz CT molecular complexity index is 766. The molecule has 1 atom stereocenters. The monoisotopic (exact) mass is 372 g/mol. The summed E-state index contributed by atoms with van der Waals surface area (Å²) in [7, 11) is 0. The Morgan fingerprint density at radius 2 is 2.11 bits per heavy atom. The molecular formula is C20H29FN6. The molecule has 6 nitrogen and oxygen atoms in total. The number of hydrogen-bond acceptors (Lipinski definition) is 6. The molecule has 0 aliphatic carbocycles. The molecule has 1 aliphatic rings. The summed E-state index contributed by atoms with van der Waals surface area (Å²) in [4.78, 5) is 11.5. The molecule has 0 saturated carbocycles. The second-order valence-electron chi connectivity index (χ2n) is 7.00. The zero-order chi connectivity index (χ0) is 19.2. The van der Waals surface area contributed by atoms with E-state index in [-0.39, 0.29) is 5.82 Å². The molecule has 0 bridgehead atoms. The van der Waals surface area contributed by atoms with E-state index in [2.05, 4.69) is 45.4 Å². The van der Waals surface area contributed by atoms with Gasteiger partial charge in [0.05, 0.1) is 5.69 Å². The van der Waals surface area contributed by atoms with Crippen LogP contribution in [0, 0.1) is 5.82 Å². The van der Waals surface area contributed by atoms with Gasteiger partial charge in [-0.15, -0.1) is 0 Å². The largest absolute Gasteiger partial charge is 0.399 e. The molecule has 0 amide bonds. The SMILES string of the molecule is CCCCc1cc(N2CC[C@H](NCC)C2)nc(Nc2cc(N)ccc2F)n1. The maximum atomic E-state index is 14.1. The average Bonchev–Trinajstić information content (AvgIpc) is 3.12. The van der Waals surface area contributed by atoms with Crippen LogP contribution in [0.2, 0.25) is 0 Å². The Hall–Kier alpha value is -2.41. The lowest BCUT2D eigenvalue weighted by molar-refractivity contribution is 0.571. The molecule has 1 aliphatic heterocycles. The summed E-state index contributed by atoms with van der Waals surface area (Å²) in [6.45, 7) is 7.12. The predicted octanol–water partition coefficient (Wildman–Crippen LogP) is 3.47. The number of hydrogen-bond donors (Lipinski definition) is 3. The highest BCUT2D eigenvalue weighted by molar-refractivity contribution is 5.61. The van der Waals surface area contributed by atoms with Crippen molar-refractivity contribution in [2.75, 3.05) is 35.6 Å². The molecule has 2 aromatic rings. The molecule has 1 aromatic heterocycles. The summed E-state index contributed by atoms with van der Waals surface area (Å²) in [6, 6.07) is 6.99. The molecule has 1 fully saturated rings. The number of nitrogen functional groups attached to an aromatic ring is 1. The van der Waals surface area contributed by atoms with E-state index in [0.29, 0.717) is 23.4 Å². The van der Waals surface area contributed by atoms with Crippen LogP contribution in [0.4, 0.5) is 27.5 Å². The topological polar surface area (TPSA) is 79.1 Å². The summed E-state index contributed by atoms with van der Waals surface area (Å²) >= 11 is 0. The maximum absolute atomic E-state index is 14.1. The van der Waals surface area contributed by atoms with Crippen LogP contribution in [0.3, 0.4) is 0 Å². The normalized spacial score (nSPS) is 16.7. The van der Waals surface area contributed by atoms with Crippen molar-refractivity contribution >= 4 is 23.1 Å². The van der Waals surface area contributed by atoms with Crippen LogP contribution in [-0.2, 0) is 6.42 Å². The number of unbranched alkanes of at least 4 members (excludes halogenated alkanes) is 1. The molecule has 0 spiro atoms. The zero-order valence-corrected chi connectivity index (χ0v) is 16.1. The third-order valence-corrected chi connectivity index (χ3v) is 4.79. The van der Waals surface area contributed by atoms with Crippen molar-refractivity contribution in [3.8, 4) is 0 Å². The minimum absolute atomic E-state index is 0.292. The van der Waals surface area contributed by atoms with Crippen molar-refractivity contribution in [1.82, 2.24) is 15.3 Å². The lowest BCUT2D eigenvalue weighted by Gasteiger charge is -2.20. The number of likely N-dealkylation sites (N-methyl/N-ethyl adjacent to an activating group) is 1. The van der Waals surface area contributed by atoms with Crippen LogP contribution >= 0.6 is 0 Å². The molecule has 27 heavy (non-hydrogen) atoms. The highest BCUT2D eigenvalue weighted by Crippen LogP contribution is 2.25. The van der Waals surface area contributed by atoms with Crippen LogP contribution in [-0.4, -0.2) is 35.6 Å². The van der Waals surface area contributed by atoms with E-state index in [9.17, 15) is 4.39 Å². The summed E-state index contributed by atoms with van der Waals surface area (Å²) in [5, 5.41) is 6.51. The molecule has 0 unspecified atom stereocenters. The second-order valence-corrected chi connectivity index (χ2v) is 7.00. The first-order valence-electron chi connectivity index (χ1n) is 9.77. The standard InChI is InChI=1S/C20H29FN6/c1-3-5-6-15-12-19(27-10-9-16(13-27)23-4-2)26-20(24-15)25-18-11-14(22)7-8-17(18)21/h7-8,11-12,16,23H,3-6,9-10,13,22H2,1-2H3,(H,24,25,26)/t16-/m0/s1. The molecule has 146 valence electrons. The van der Waals surface area contributed by atoms with Gasteiger partial charge in [-0.25, -0.2) is 9.37 Å². The van der Waals surface area contributed by atoms with E-state index in [0.717, 1.165) is 56.8 Å². The highest BCUT2D eigenvalue weighted by atomic mass is 19.1. The molecule has 2 heterocycles. The first-order valence-corrected chi connectivity index (χ1v) is 9.77.